The van der Waals surface area contributed by atoms with Crippen molar-refractivity contribution in [1.82, 2.24) is 5.32 Å². The quantitative estimate of drug-likeness (QED) is 0.612. The first-order valence-electron chi connectivity index (χ1n) is 10.1. The fraction of sp³-hybridized carbons (Fsp3) is 0.292. The Morgan fingerprint density at radius 2 is 1.83 bits per heavy atom. The van der Waals surface area contributed by atoms with Crippen LogP contribution in [0.25, 0.3) is 0 Å². The van der Waals surface area contributed by atoms with E-state index in [0.717, 1.165) is 34.8 Å². The van der Waals surface area contributed by atoms with Gasteiger partial charge in [-0.05, 0) is 48.2 Å². The summed E-state index contributed by atoms with van der Waals surface area (Å²) in [5, 5.41) is 3.23. The van der Waals surface area contributed by atoms with Crippen LogP contribution in [0.2, 0.25) is 0 Å². The summed E-state index contributed by atoms with van der Waals surface area (Å²) < 4.78 is 11.6. The van der Waals surface area contributed by atoms with Gasteiger partial charge in [0.1, 0.15) is 0 Å². The predicted molar refractivity (Wildman–Crippen MR) is 116 cm³/mol. The highest BCUT2D eigenvalue weighted by molar-refractivity contribution is 7.14. The van der Waals surface area contributed by atoms with Gasteiger partial charge in [-0.3, -0.25) is 4.79 Å². The molecule has 4 nitrogen and oxygen atoms in total. The van der Waals surface area contributed by atoms with Gasteiger partial charge in [0.25, 0.3) is 5.91 Å². The van der Waals surface area contributed by atoms with E-state index in [1.165, 1.54) is 10.4 Å². The van der Waals surface area contributed by atoms with Crippen LogP contribution in [0.5, 0.6) is 11.5 Å². The summed E-state index contributed by atoms with van der Waals surface area (Å²) in [6, 6.07) is 20.0. The molecule has 150 valence electrons. The van der Waals surface area contributed by atoms with Crippen LogP contribution in [-0.2, 0) is 12.8 Å². The zero-order valence-electron chi connectivity index (χ0n) is 16.5. The van der Waals surface area contributed by atoms with Crippen molar-refractivity contribution in [2.45, 2.75) is 32.2 Å². The number of rotatable bonds is 6. The number of hydrogen-bond donors (Lipinski definition) is 1. The molecule has 1 amide bonds. The first-order chi connectivity index (χ1) is 14.2. The third-order valence-corrected chi connectivity index (χ3v) is 6.22. The lowest BCUT2D eigenvalue weighted by Gasteiger charge is -2.20. The normalized spacial score (nSPS) is 14.1. The molecule has 1 aliphatic heterocycles. The van der Waals surface area contributed by atoms with Gasteiger partial charge < -0.3 is 14.8 Å². The van der Waals surface area contributed by atoms with Gasteiger partial charge in [-0.2, -0.15) is 0 Å². The molecule has 4 rings (SSSR count). The maximum absolute atomic E-state index is 12.9. The van der Waals surface area contributed by atoms with Crippen LogP contribution in [0.1, 0.15) is 45.1 Å². The molecule has 1 aliphatic rings. The second kappa shape index (κ2) is 9.14. The van der Waals surface area contributed by atoms with Crippen molar-refractivity contribution in [1.29, 1.82) is 0 Å². The average molecular weight is 408 g/mol. The number of thiophene rings is 1. The highest BCUT2D eigenvalue weighted by atomic mass is 32.1. The van der Waals surface area contributed by atoms with Gasteiger partial charge in [0.2, 0.25) is 0 Å². The van der Waals surface area contributed by atoms with Crippen LogP contribution < -0.4 is 14.8 Å². The fourth-order valence-electron chi connectivity index (χ4n) is 3.42. The van der Waals surface area contributed by atoms with Gasteiger partial charge >= 0.3 is 0 Å². The van der Waals surface area contributed by atoms with E-state index in [0.29, 0.717) is 19.6 Å². The Balaban J connectivity index is 1.61. The monoisotopic (exact) mass is 407 g/mol. The predicted octanol–water partition coefficient (Wildman–Crippen LogP) is 5.19. The molecule has 2 heterocycles. The van der Waals surface area contributed by atoms with Crippen molar-refractivity contribution in [3.8, 4) is 11.5 Å². The Morgan fingerprint density at radius 1 is 1.03 bits per heavy atom. The van der Waals surface area contributed by atoms with E-state index in [4.69, 9.17) is 9.47 Å². The molecule has 1 aromatic heterocycles. The molecule has 3 aromatic rings. The van der Waals surface area contributed by atoms with E-state index in [1.54, 1.807) is 11.3 Å². The molecule has 1 N–H and O–H groups in total. The lowest BCUT2D eigenvalue weighted by molar-refractivity contribution is 0.0940. The van der Waals surface area contributed by atoms with E-state index in [-0.39, 0.29) is 11.9 Å². The lowest BCUT2D eigenvalue weighted by atomic mass is 9.98. The first-order valence-corrected chi connectivity index (χ1v) is 10.9. The Morgan fingerprint density at radius 3 is 2.59 bits per heavy atom. The highest BCUT2D eigenvalue weighted by Gasteiger charge is 2.20. The molecule has 29 heavy (non-hydrogen) atoms. The molecule has 1 unspecified atom stereocenters. The highest BCUT2D eigenvalue weighted by Crippen LogP contribution is 2.33. The number of benzene rings is 2. The molecule has 0 saturated heterocycles. The summed E-state index contributed by atoms with van der Waals surface area (Å²) >= 11 is 1.55. The summed E-state index contributed by atoms with van der Waals surface area (Å²) in [5.41, 5.74) is 2.18. The van der Waals surface area contributed by atoms with Crippen LogP contribution in [0.3, 0.4) is 0 Å². The molecule has 2 aromatic carbocycles. The Kier molecular flexibility index (Phi) is 6.15. The van der Waals surface area contributed by atoms with Crippen molar-refractivity contribution in [3.63, 3.8) is 0 Å². The molecule has 0 saturated carbocycles. The van der Waals surface area contributed by atoms with Gasteiger partial charge in [0.05, 0.1) is 24.1 Å². The molecule has 0 bridgehead atoms. The van der Waals surface area contributed by atoms with Crippen molar-refractivity contribution in [3.05, 3.63) is 81.5 Å². The summed E-state index contributed by atoms with van der Waals surface area (Å²) in [6.07, 6.45) is 2.51. The van der Waals surface area contributed by atoms with Crippen molar-refractivity contribution in [2.75, 3.05) is 13.2 Å². The molecular formula is C24H25NO3S. The molecular weight excluding hydrogens is 382 g/mol. The number of ether oxygens (including phenoxy) is 2. The summed E-state index contributed by atoms with van der Waals surface area (Å²) in [4.78, 5) is 14.9. The van der Waals surface area contributed by atoms with Gasteiger partial charge in [-0.1, -0.05) is 43.3 Å². The Bertz CT molecular complexity index is 967. The maximum atomic E-state index is 12.9. The van der Waals surface area contributed by atoms with Crippen molar-refractivity contribution in [2.24, 2.45) is 0 Å². The zero-order valence-corrected chi connectivity index (χ0v) is 17.3. The summed E-state index contributed by atoms with van der Waals surface area (Å²) in [6.45, 7) is 3.40. The SMILES string of the molecule is CCc1ccc(C(=O)NC(Cc2ccccc2)c2ccc3c(c2)OCCCO3)s1. The smallest absolute Gasteiger partial charge is 0.261 e. The van der Waals surface area contributed by atoms with Crippen LogP contribution in [-0.4, -0.2) is 19.1 Å². The van der Waals surface area contributed by atoms with E-state index >= 15 is 0 Å². The van der Waals surface area contributed by atoms with E-state index in [2.05, 4.69) is 24.4 Å². The number of amides is 1. The van der Waals surface area contributed by atoms with Gasteiger partial charge in [0.15, 0.2) is 11.5 Å². The minimum absolute atomic E-state index is 0.0391. The number of aryl methyl sites for hydroxylation is 1. The topological polar surface area (TPSA) is 47.6 Å². The Labute approximate surface area is 175 Å². The fourth-order valence-corrected chi connectivity index (χ4v) is 4.27. The maximum Gasteiger partial charge on any atom is 0.261 e. The standard InChI is InChI=1S/C24H25NO3S/c1-2-19-10-12-23(29-19)24(26)25-20(15-17-7-4-3-5-8-17)18-9-11-21-22(16-18)28-14-6-13-27-21/h3-5,7-12,16,20H,2,6,13-15H2,1H3,(H,25,26). The average Bonchev–Trinajstić information content (AvgIpc) is 3.12. The van der Waals surface area contributed by atoms with Crippen LogP contribution in [0, 0.1) is 0 Å². The zero-order chi connectivity index (χ0) is 20.1. The minimum Gasteiger partial charge on any atom is -0.490 e. The van der Waals surface area contributed by atoms with Crippen molar-refractivity contribution < 1.29 is 14.3 Å². The van der Waals surface area contributed by atoms with Gasteiger partial charge in [0, 0.05) is 11.3 Å². The van der Waals surface area contributed by atoms with E-state index in [9.17, 15) is 4.79 Å². The van der Waals surface area contributed by atoms with Crippen LogP contribution in [0.4, 0.5) is 0 Å². The molecule has 0 radical (unpaired) electrons. The van der Waals surface area contributed by atoms with Crippen molar-refractivity contribution >= 4 is 17.2 Å². The van der Waals surface area contributed by atoms with Gasteiger partial charge in [-0.15, -0.1) is 11.3 Å². The molecule has 5 heteroatoms. The molecule has 0 spiro atoms. The minimum atomic E-state index is -0.158. The summed E-state index contributed by atoms with van der Waals surface area (Å²) in [5.74, 6) is 1.47. The lowest BCUT2D eigenvalue weighted by Crippen LogP contribution is -2.29. The molecule has 1 atom stereocenters. The number of carbonyl (C=O) groups excluding carboxylic acids is 1. The van der Waals surface area contributed by atoms with E-state index in [1.807, 2.05) is 48.5 Å². The van der Waals surface area contributed by atoms with E-state index < -0.39 is 0 Å². The number of carbonyl (C=O) groups is 1. The number of fused-ring (bicyclic) bond motifs is 1. The third-order valence-electron chi connectivity index (χ3n) is 5.00. The van der Waals surface area contributed by atoms with Crippen LogP contribution in [0.15, 0.2) is 60.7 Å². The molecule has 0 aliphatic carbocycles. The van der Waals surface area contributed by atoms with Crippen LogP contribution >= 0.6 is 11.3 Å². The summed E-state index contributed by atoms with van der Waals surface area (Å²) in [7, 11) is 0. The first kappa shape index (κ1) is 19.5. The number of nitrogens with one attached hydrogen (secondary N) is 1. The second-order valence-corrected chi connectivity index (χ2v) is 8.26. The number of hydrogen-bond acceptors (Lipinski definition) is 4. The Hall–Kier alpha value is -2.79. The van der Waals surface area contributed by atoms with Gasteiger partial charge in [-0.25, -0.2) is 0 Å². The molecule has 0 fully saturated rings. The largest absolute Gasteiger partial charge is 0.490 e. The second-order valence-electron chi connectivity index (χ2n) is 7.09. The third kappa shape index (κ3) is 4.80.